The molecule has 0 fully saturated rings. The second-order valence-electron chi connectivity index (χ2n) is 4.73. The number of anilines is 1. The molecule has 19 heavy (non-hydrogen) atoms. The van der Waals surface area contributed by atoms with E-state index in [4.69, 9.17) is 9.63 Å². The van der Waals surface area contributed by atoms with Crippen molar-refractivity contribution in [3.63, 3.8) is 0 Å². The summed E-state index contributed by atoms with van der Waals surface area (Å²) >= 11 is 0. The van der Waals surface area contributed by atoms with Crippen LogP contribution in [0.1, 0.15) is 21.6 Å². The molecule has 0 unspecified atom stereocenters. The van der Waals surface area contributed by atoms with Gasteiger partial charge in [0.25, 0.3) is 0 Å². The molecule has 0 saturated carbocycles. The average Bonchev–Trinajstić information content (AvgIpc) is 2.81. The molecule has 0 aliphatic carbocycles. The average molecular weight is 260 g/mol. The van der Waals surface area contributed by atoms with Gasteiger partial charge in [-0.1, -0.05) is 5.16 Å². The van der Waals surface area contributed by atoms with Crippen LogP contribution in [0.3, 0.4) is 0 Å². The van der Waals surface area contributed by atoms with E-state index in [0.29, 0.717) is 5.76 Å². The van der Waals surface area contributed by atoms with Crippen LogP contribution in [0.4, 0.5) is 5.69 Å². The van der Waals surface area contributed by atoms with Crippen LogP contribution in [0.2, 0.25) is 0 Å². The lowest BCUT2D eigenvalue weighted by Crippen LogP contribution is -2.10. The van der Waals surface area contributed by atoms with Gasteiger partial charge in [-0.2, -0.15) is 0 Å². The van der Waals surface area contributed by atoms with Crippen molar-refractivity contribution in [2.75, 3.05) is 19.0 Å². The number of carboxylic acids is 1. The molecular weight excluding hydrogens is 244 g/mol. The van der Waals surface area contributed by atoms with Crippen molar-refractivity contribution < 1.29 is 14.4 Å². The van der Waals surface area contributed by atoms with E-state index in [2.05, 4.69) is 5.16 Å². The highest BCUT2D eigenvalue weighted by Crippen LogP contribution is 2.32. The Hall–Kier alpha value is -2.30. The Morgan fingerprint density at radius 3 is 2.37 bits per heavy atom. The van der Waals surface area contributed by atoms with Gasteiger partial charge < -0.3 is 14.5 Å². The quantitative estimate of drug-likeness (QED) is 0.919. The molecule has 0 saturated heterocycles. The number of rotatable bonds is 3. The van der Waals surface area contributed by atoms with Crippen molar-refractivity contribution in [1.82, 2.24) is 5.16 Å². The first kappa shape index (κ1) is 13.1. The molecular formula is C14H16N2O3. The zero-order valence-corrected chi connectivity index (χ0v) is 11.4. The van der Waals surface area contributed by atoms with Crippen LogP contribution < -0.4 is 4.90 Å². The van der Waals surface area contributed by atoms with Crippen molar-refractivity contribution >= 4 is 11.7 Å². The zero-order chi connectivity index (χ0) is 14.2. The molecule has 1 aromatic heterocycles. The first-order valence-electron chi connectivity index (χ1n) is 5.89. The second-order valence-corrected chi connectivity index (χ2v) is 4.73. The summed E-state index contributed by atoms with van der Waals surface area (Å²) in [5, 5.41) is 12.4. The third-order valence-electron chi connectivity index (χ3n) is 3.09. The lowest BCUT2D eigenvalue weighted by molar-refractivity contribution is 0.0686. The smallest absolute Gasteiger partial charge is 0.358 e. The number of nitrogens with zero attached hydrogens (tertiary/aromatic N) is 2. The Balaban J connectivity index is 2.59. The number of aromatic nitrogens is 1. The number of carboxylic acid groups (broad SMARTS) is 1. The number of benzene rings is 1. The maximum absolute atomic E-state index is 10.9. The van der Waals surface area contributed by atoms with E-state index in [1.165, 1.54) is 11.6 Å². The van der Waals surface area contributed by atoms with E-state index in [-0.39, 0.29) is 5.69 Å². The minimum atomic E-state index is -1.09. The van der Waals surface area contributed by atoms with E-state index in [0.717, 1.165) is 16.8 Å². The Morgan fingerprint density at radius 2 is 1.84 bits per heavy atom. The summed E-state index contributed by atoms with van der Waals surface area (Å²) in [6.45, 7) is 4.04. The number of hydrogen-bond donors (Lipinski definition) is 1. The van der Waals surface area contributed by atoms with Crippen molar-refractivity contribution in [3.8, 4) is 11.3 Å². The van der Waals surface area contributed by atoms with Gasteiger partial charge >= 0.3 is 5.97 Å². The largest absolute Gasteiger partial charge is 0.476 e. The number of aryl methyl sites for hydroxylation is 2. The highest BCUT2D eigenvalue weighted by Gasteiger charge is 2.16. The topological polar surface area (TPSA) is 66.6 Å². The second kappa shape index (κ2) is 4.76. The Kier molecular flexibility index (Phi) is 3.29. The first-order valence-corrected chi connectivity index (χ1v) is 5.89. The van der Waals surface area contributed by atoms with Crippen LogP contribution >= 0.6 is 0 Å². The molecule has 2 rings (SSSR count). The van der Waals surface area contributed by atoms with Crippen LogP contribution in [0.15, 0.2) is 22.7 Å². The molecule has 0 atom stereocenters. The molecule has 5 nitrogen and oxygen atoms in total. The molecule has 5 heteroatoms. The SMILES string of the molecule is Cc1cc(-c2cc(C(=O)O)no2)c(N(C)C)cc1C. The molecule has 0 amide bonds. The minimum Gasteiger partial charge on any atom is -0.476 e. The van der Waals surface area contributed by atoms with Crippen molar-refractivity contribution in [2.45, 2.75) is 13.8 Å². The molecule has 1 N–H and O–H groups in total. The fraction of sp³-hybridized carbons (Fsp3) is 0.286. The zero-order valence-electron chi connectivity index (χ0n) is 11.4. The molecule has 2 aromatic rings. The molecule has 1 heterocycles. The molecule has 0 bridgehead atoms. The van der Waals surface area contributed by atoms with E-state index in [1.807, 2.05) is 45.0 Å². The summed E-state index contributed by atoms with van der Waals surface area (Å²) in [6.07, 6.45) is 0. The van der Waals surface area contributed by atoms with Crippen LogP contribution in [0, 0.1) is 13.8 Å². The predicted octanol–water partition coefficient (Wildman–Crippen LogP) is 2.72. The van der Waals surface area contributed by atoms with E-state index >= 15 is 0 Å². The molecule has 0 aliphatic rings. The Morgan fingerprint density at radius 1 is 1.21 bits per heavy atom. The Bertz CT molecular complexity index is 630. The van der Waals surface area contributed by atoms with Gasteiger partial charge in [0, 0.05) is 31.4 Å². The fourth-order valence-electron chi connectivity index (χ4n) is 1.87. The summed E-state index contributed by atoms with van der Waals surface area (Å²) in [7, 11) is 3.87. The fourth-order valence-corrected chi connectivity index (χ4v) is 1.87. The van der Waals surface area contributed by atoms with Gasteiger partial charge in [0.15, 0.2) is 11.5 Å². The van der Waals surface area contributed by atoms with Crippen molar-refractivity contribution in [2.24, 2.45) is 0 Å². The monoisotopic (exact) mass is 260 g/mol. The Labute approximate surface area is 111 Å². The molecule has 0 aliphatic heterocycles. The van der Waals surface area contributed by atoms with Gasteiger partial charge in [-0.15, -0.1) is 0 Å². The normalized spacial score (nSPS) is 10.5. The van der Waals surface area contributed by atoms with E-state index in [9.17, 15) is 4.79 Å². The van der Waals surface area contributed by atoms with Gasteiger partial charge in [0.05, 0.1) is 0 Å². The van der Waals surface area contributed by atoms with E-state index < -0.39 is 5.97 Å². The molecule has 0 radical (unpaired) electrons. The molecule has 100 valence electrons. The number of carbonyl (C=O) groups is 1. The van der Waals surface area contributed by atoms with Crippen molar-refractivity contribution in [3.05, 3.63) is 35.0 Å². The third kappa shape index (κ3) is 2.45. The summed E-state index contributed by atoms with van der Waals surface area (Å²) in [5.41, 5.74) is 4.02. The predicted molar refractivity (Wildman–Crippen MR) is 72.7 cm³/mol. The lowest BCUT2D eigenvalue weighted by Gasteiger charge is -2.18. The van der Waals surface area contributed by atoms with Gasteiger partial charge in [-0.25, -0.2) is 4.79 Å². The molecule has 0 spiro atoms. The van der Waals surface area contributed by atoms with Crippen LogP contribution in [0.25, 0.3) is 11.3 Å². The maximum Gasteiger partial charge on any atom is 0.358 e. The molecule has 1 aromatic carbocycles. The maximum atomic E-state index is 10.9. The summed E-state index contributed by atoms with van der Waals surface area (Å²) in [6, 6.07) is 5.48. The van der Waals surface area contributed by atoms with Crippen LogP contribution in [-0.2, 0) is 0 Å². The number of aromatic carboxylic acids is 1. The number of hydrogen-bond acceptors (Lipinski definition) is 4. The highest BCUT2D eigenvalue weighted by atomic mass is 16.5. The van der Waals surface area contributed by atoms with Crippen LogP contribution in [0.5, 0.6) is 0 Å². The standard InChI is InChI=1S/C14H16N2O3/c1-8-5-10(12(16(3)4)6-9(8)2)13-7-11(14(17)18)15-19-13/h5-7H,1-4H3,(H,17,18). The minimum absolute atomic E-state index is 0.0852. The summed E-state index contributed by atoms with van der Waals surface area (Å²) < 4.78 is 5.14. The van der Waals surface area contributed by atoms with Gasteiger partial charge in [0.1, 0.15) is 0 Å². The van der Waals surface area contributed by atoms with Crippen LogP contribution in [-0.4, -0.2) is 30.3 Å². The first-order chi connectivity index (χ1) is 8.90. The lowest BCUT2D eigenvalue weighted by atomic mass is 10.0. The van der Waals surface area contributed by atoms with Crippen molar-refractivity contribution in [1.29, 1.82) is 0 Å². The summed E-state index contributed by atoms with van der Waals surface area (Å²) in [5.74, 6) is -0.630. The van der Waals surface area contributed by atoms with E-state index in [1.54, 1.807) is 0 Å². The van der Waals surface area contributed by atoms with Gasteiger partial charge in [-0.3, -0.25) is 0 Å². The third-order valence-corrected chi connectivity index (χ3v) is 3.09. The van der Waals surface area contributed by atoms with Gasteiger partial charge in [0.2, 0.25) is 0 Å². The highest BCUT2D eigenvalue weighted by molar-refractivity contribution is 5.87. The van der Waals surface area contributed by atoms with Gasteiger partial charge in [-0.05, 0) is 37.1 Å². The summed E-state index contributed by atoms with van der Waals surface area (Å²) in [4.78, 5) is 12.8.